The molecule has 0 heterocycles. The molecule has 0 aromatic heterocycles. The van der Waals surface area contributed by atoms with Crippen LogP contribution in [0.3, 0.4) is 0 Å². The monoisotopic (exact) mass is 441 g/mol. The fourth-order valence-electron chi connectivity index (χ4n) is 0.534. The number of hydrogen-bond donors (Lipinski definition) is 0. The third kappa shape index (κ3) is 33.4. The van der Waals surface area contributed by atoms with Crippen LogP contribution in [0.4, 0.5) is 7.00 Å². The Hall–Kier alpha value is 0.516. The molecule has 0 aliphatic rings. The Balaban J connectivity index is -0.0000000973. The van der Waals surface area contributed by atoms with Crippen molar-refractivity contribution in [2.45, 2.75) is 40.0 Å². The first-order valence-electron chi connectivity index (χ1n) is 6.98. The van der Waals surface area contributed by atoms with E-state index >= 15 is 0 Å². The molecule has 0 amide bonds. The van der Waals surface area contributed by atoms with Gasteiger partial charge in [-0.25, -0.2) is 0 Å². The van der Waals surface area contributed by atoms with Crippen molar-refractivity contribution >= 4 is 19.7 Å². The Morgan fingerprint density at radius 1 is 0.810 bits per heavy atom. The zero-order valence-corrected chi connectivity index (χ0v) is 18.3. The Kier molecular flexibility index (Phi) is 40.3. The number of hydrogen-bond acceptors (Lipinski definition) is 0. The summed E-state index contributed by atoms with van der Waals surface area (Å²) in [6.07, 6.45) is 2.96. The third-order valence-electron chi connectivity index (χ3n) is 1.69. The molecule has 0 saturated carbocycles. The van der Waals surface area contributed by atoms with E-state index in [2.05, 4.69) is 0 Å². The van der Waals surface area contributed by atoms with Gasteiger partial charge in [-0.05, 0) is 0 Å². The van der Waals surface area contributed by atoms with Crippen LogP contribution in [0.2, 0.25) is 0 Å². The summed E-state index contributed by atoms with van der Waals surface area (Å²) in [5, 5.41) is 0. The molecule has 1 aromatic carbocycles. The van der Waals surface area contributed by atoms with Gasteiger partial charge in [0.25, 0.3) is 0 Å². The normalized spacial score (nSPS) is 8.24. The maximum atomic E-state index is 11.8. The maximum Gasteiger partial charge on any atom is 4.00 e. The minimum atomic E-state index is -3.89. The van der Waals surface area contributed by atoms with Crippen LogP contribution in [0.25, 0.3) is 17.2 Å². The first-order valence-corrected chi connectivity index (χ1v) is 10.0. The van der Waals surface area contributed by atoms with Crippen LogP contribution in [0.15, 0.2) is 24.3 Å². The zero-order chi connectivity index (χ0) is 16.2. The summed E-state index contributed by atoms with van der Waals surface area (Å²) < 4.78 is 23.9. The second-order valence-electron chi connectivity index (χ2n) is 3.77. The van der Waals surface area contributed by atoms with Crippen LogP contribution in [-0.4, -0.2) is 34.9 Å². The first kappa shape index (κ1) is 29.5. The van der Waals surface area contributed by atoms with Crippen molar-refractivity contribution in [1.82, 2.24) is 0 Å². The van der Waals surface area contributed by atoms with Gasteiger partial charge in [0.05, 0.1) is 0 Å². The molecule has 0 atom stereocenters. The van der Waals surface area contributed by atoms with Crippen LogP contribution in [0.1, 0.15) is 40.0 Å². The maximum absolute atomic E-state index is 11.8. The first-order chi connectivity index (χ1) is 9.55. The molecule has 0 saturated heterocycles. The van der Waals surface area contributed by atoms with Gasteiger partial charge >= 0.3 is 77.1 Å². The summed E-state index contributed by atoms with van der Waals surface area (Å²) in [5.41, 5.74) is 19.4. The molecule has 0 fully saturated rings. The Morgan fingerprint density at radius 3 is 1.14 bits per heavy atom. The van der Waals surface area contributed by atoms with Gasteiger partial charge in [-0.15, -0.1) is 0 Å². The molecule has 0 bridgehead atoms. The van der Waals surface area contributed by atoms with Gasteiger partial charge in [0.2, 0.25) is 0 Å². The van der Waals surface area contributed by atoms with E-state index in [1.54, 1.807) is 12.1 Å². The molecule has 1 rings (SSSR count). The summed E-state index contributed by atoms with van der Waals surface area (Å²) >= 11 is -3.89. The van der Waals surface area contributed by atoms with Gasteiger partial charge in [0, 0.05) is 0 Å². The second-order valence-corrected chi connectivity index (χ2v) is 6.43. The molecule has 1 aromatic rings. The molecule has 21 heavy (non-hydrogen) atoms. The van der Waals surface area contributed by atoms with Gasteiger partial charge in [-0.3, -0.25) is 0 Å². The Bertz CT molecular complexity index is 223. The van der Waals surface area contributed by atoms with E-state index in [1.165, 1.54) is 12.1 Å². The van der Waals surface area contributed by atoms with Crippen LogP contribution in [0.5, 0.6) is 0 Å². The van der Waals surface area contributed by atoms with E-state index in [0.29, 0.717) is 19.6 Å². The van der Waals surface area contributed by atoms with Crippen molar-refractivity contribution in [1.29, 1.82) is 0 Å². The summed E-state index contributed by atoms with van der Waals surface area (Å²) in [6.45, 7) is 7.69. The zero-order valence-electron chi connectivity index (χ0n) is 13.4. The van der Waals surface area contributed by atoms with Crippen molar-refractivity contribution < 1.29 is 33.2 Å². The Morgan fingerprint density at radius 2 is 1.05 bits per heavy atom. The molecule has 3 nitrogen and oxygen atoms in total. The van der Waals surface area contributed by atoms with Crippen LogP contribution in [-0.2, 0) is 26.2 Å². The molecular weight excluding hydrogens is 412 g/mol. The summed E-state index contributed by atoms with van der Waals surface area (Å²) in [5.74, 6) is 0. The molecular formula is C14H29F2GeN3Zr. The molecule has 122 valence electrons. The predicted molar refractivity (Wildman–Crippen MR) is 89.5 cm³/mol. The van der Waals surface area contributed by atoms with Gasteiger partial charge in [0.1, 0.15) is 0 Å². The van der Waals surface area contributed by atoms with E-state index < -0.39 is 15.3 Å². The largest absolute Gasteiger partial charge is 4.00 e. The van der Waals surface area contributed by atoms with E-state index in [0.717, 1.165) is 19.3 Å². The van der Waals surface area contributed by atoms with Crippen LogP contribution >= 0.6 is 0 Å². The summed E-state index contributed by atoms with van der Waals surface area (Å²) in [4.78, 5) is 0. The average molecular weight is 441 g/mol. The quantitative estimate of drug-likeness (QED) is 0.460. The molecule has 3 N–H and O–H groups in total. The van der Waals surface area contributed by atoms with Gasteiger partial charge in [-0.2, -0.15) is 19.6 Å². The molecule has 0 radical (unpaired) electrons. The van der Waals surface area contributed by atoms with Crippen LogP contribution < -0.4 is 4.40 Å². The van der Waals surface area contributed by atoms with Crippen molar-refractivity contribution in [2.75, 3.05) is 19.6 Å². The minimum Gasteiger partial charge on any atom is 4.00 e. The Labute approximate surface area is 153 Å². The van der Waals surface area contributed by atoms with E-state index in [1.807, 2.05) is 20.8 Å². The fraction of sp³-hybridized carbons (Fsp3) is 0.643. The van der Waals surface area contributed by atoms with E-state index in [-0.39, 0.29) is 30.6 Å². The summed E-state index contributed by atoms with van der Waals surface area (Å²) in [7, 11) is 0. The number of nitrogens with one attached hydrogen (secondary N) is 3. The average Bonchev–Trinajstić information content (AvgIpc) is 3.02. The predicted octanol–water partition coefficient (Wildman–Crippen LogP) is 5.12. The fourth-order valence-corrected chi connectivity index (χ4v) is 1.61. The van der Waals surface area contributed by atoms with E-state index in [9.17, 15) is 7.00 Å². The molecule has 0 spiro atoms. The number of rotatable bonds is 4. The van der Waals surface area contributed by atoms with Gasteiger partial charge in [-0.1, -0.05) is 40.0 Å². The van der Waals surface area contributed by atoms with Crippen molar-refractivity contribution in [3.8, 4) is 0 Å². The topological polar surface area (TPSA) is 71.4 Å². The van der Waals surface area contributed by atoms with E-state index in [4.69, 9.17) is 17.2 Å². The minimum absolute atomic E-state index is 0. The van der Waals surface area contributed by atoms with Crippen molar-refractivity contribution in [2.24, 2.45) is 0 Å². The second kappa shape index (κ2) is 28.6. The van der Waals surface area contributed by atoms with Gasteiger partial charge < -0.3 is 17.2 Å². The third-order valence-corrected chi connectivity index (χ3v) is 3.56. The van der Waals surface area contributed by atoms with Crippen molar-refractivity contribution in [3.05, 3.63) is 41.5 Å². The smallest absolute Gasteiger partial charge is 4.00 e. The molecule has 0 aliphatic carbocycles. The SMILES string of the molecule is CCC[NH-].CCC[NH-].CCC[NH-].[F][GeH]([F])[c-]1cccc1.[Zr+4]. The molecule has 7 heteroatoms. The van der Waals surface area contributed by atoms with Gasteiger partial charge in [0.15, 0.2) is 0 Å². The summed E-state index contributed by atoms with van der Waals surface area (Å²) in [6, 6.07) is 6.27. The van der Waals surface area contributed by atoms with Crippen LogP contribution in [0, 0.1) is 0 Å². The van der Waals surface area contributed by atoms with Crippen molar-refractivity contribution in [3.63, 3.8) is 0 Å². The number of halogens is 2. The molecule has 0 unspecified atom stereocenters. The standard InChI is InChI=1S/C5H5F2Ge.3C3H8N.Zr/c6-8(7)5-3-1-2-4-5;3*1-2-3-4;/h1-4,8H;3*4H,2-3H2,1H3;/q4*-1;+4. The molecule has 0 aliphatic heterocycles.